The monoisotopic (exact) mass is 240 g/mol. The van der Waals surface area contributed by atoms with E-state index in [0.29, 0.717) is 32.8 Å². The average molecular weight is 240 g/mol. The van der Waals surface area contributed by atoms with Gasteiger partial charge in [0.05, 0.1) is 18.6 Å². The summed E-state index contributed by atoms with van der Waals surface area (Å²) in [6.45, 7) is 10.6. The van der Waals surface area contributed by atoms with Gasteiger partial charge in [0.1, 0.15) is 0 Å². The fraction of sp³-hybridized carbons (Fsp3) is 0.750. The van der Waals surface area contributed by atoms with Crippen LogP contribution >= 0.6 is 0 Å². The zero-order chi connectivity index (χ0) is 12.5. The van der Waals surface area contributed by atoms with Crippen molar-refractivity contribution >= 4 is 6.03 Å². The van der Waals surface area contributed by atoms with E-state index in [1.807, 2.05) is 13.8 Å². The number of ether oxygens (including phenoxy) is 2. The number of nitrogens with zero attached hydrogens (tertiary/aromatic N) is 1. The highest BCUT2D eigenvalue weighted by atomic mass is 16.7. The van der Waals surface area contributed by atoms with Crippen LogP contribution in [0.1, 0.15) is 13.8 Å². The molecule has 2 saturated heterocycles. The zero-order valence-electron chi connectivity index (χ0n) is 10.5. The minimum atomic E-state index is -0.489. The fourth-order valence-corrected chi connectivity index (χ4v) is 2.10. The van der Waals surface area contributed by atoms with Gasteiger partial charge in [-0.1, -0.05) is 6.08 Å². The molecule has 1 spiro atoms. The molecule has 2 amide bonds. The third-order valence-corrected chi connectivity index (χ3v) is 3.19. The summed E-state index contributed by atoms with van der Waals surface area (Å²) in [5.74, 6) is -0.489. The van der Waals surface area contributed by atoms with Gasteiger partial charge in [-0.2, -0.15) is 0 Å². The average Bonchev–Trinajstić information content (AvgIpc) is 2.23. The Morgan fingerprint density at radius 3 is 2.53 bits per heavy atom. The van der Waals surface area contributed by atoms with Crippen LogP contribution in [0.3, 0.4) is 0 Å². The van der Waals surface area contributed by atoms with Crippen LogP contribution in [0.5, 0.6) is 0 Å². The van der Waals surface area contributed by atoms with Gasteiger partial charge < -0.3 is 19.7 Å². The normalized spacial score (nSPS) is 25.2. The van der Waals surface area contributed by atoms with E-state index in [0.717, 1.165) is 0 Å². The highest BCUT2D eigenvalue weighted by Gasteiger charge is 2.50. The van der Waals surface area contributed by atoms with Crippen molar-refractivity contribution in [1.82, 2.24) is 10.2 Å². The number of hydrogen-bond acceptors (Lipinski definition) is 3. The molecule has 5 nitrogen and oxygen atoms in total. The van der Waals surface area contributed by atoms with Crippen molar-refractivity contribution in [2.75, 3.05) is 32.8 Å². The van der Waals surface area contributed by atoms with Crippen molar-refractivity contribution in [3.05, 3.63) is 12.7 Å². The minimum Gasteiger partial charge on any atom is -0.350 e. The minimum absolute atomic E-state index is 0.00103. The Labute approximate surface area is 102 Å². The molecule has 0 saturated carbocycles. The zero-order valence-corrected chi connectivity index (χ0v) is 10.5. The molecule has 0 aliphatic carbocycles. The SMILES string of the molecule is C=CCNC(=O)N1CC2(COC(C)(C)OC2)C1. The highest BCUT2D eigenvalue weighted by Crippen LogP contribution is 2.37. The predicted molar refractivity (Wildman–Crippen MR) is 63.6 cm³/mol. The predicted octanol–water partition coefficient (Wildman–Crippen LogP) is 0.967. The number of carbonyl (C=O) groups excluding carboxylic acids is 1. The number of carbonyl (C=O) groups is 1. The molecule has 2 aliphatic heterocycles. The maximum Gasteiger partial charge on any atom is 0.317 e. The lowest BCUT2D eigenvalue weighted by atomic mass is 9.81. The Bertz CT molecular complexity index is 310. The lowest BCUT2D eigenvalue weighted by Crippen LogP contribution is -2.67. The van der Waals surface area contributed by atoms with Gasteiger partial charge in [0, 0.05) is 19.6 Å². The van der Waals surface area contributed by atoms with Gasteiger partial charge in [-0.15, -0.1) is 6.58 Å². The second kappa shape index (κ2) is 4.31. The molecule has 0 aromatic carbocycles. The van der Waals surface area contributed by atoms with E-state index < -0.39 is 5.79 Å². The Morgan fingerprint density at radius 2 is 2.00 bits per heavy atom. The molecular weight excluding hydrogens is 220 g/mol. The molecule has 0 aromatic heterocycles. The summed E-state index contributed by atoms with van der Waals surface area (Å²) in [6, 6.07) is -0.0413. The number of nitrogens with one attached hydrogen (secondary N) is 1. The van der Waals surface area contributed by atoms with Gasteiger partial charge in [-0.05, 0) is 13.8 Å². The molecule has 5 heteroatoms. The topological polar surface area (TPSA) is 50.8 Å². The summed E-state index contributed by atoms with van der Waals surface area (Å²) >= 11 is 0. The molecule has 2 fully saturated rings. The maximum atomic E-state index is 11.6. The molecule has 0 radical (unpaired) electrons. The Morgan fingerprint density at radius 1 is 1.41 bits per heavy atom. The smallest absolute Gasteiger partial charge is 0.317 e. The molecule has 0 atom stereocenters. The number of hydrogen-bond donors (Lipinski definition) is 1. The first-order valence-corrected chi connectivity index (χ1v) is 5.88. The van der Waals surface area contributed by atoms with E-state index >= 15 is 0 Å². The maximum absolute atomic E-state index is 11.6. The fourth-order valence-electron chi connectivity index (χ4n) is 2.10. The largest absolute Gasteiger partial charge is 0.350 e. The van der Waals surface area contributed by atoms with Crippen molar-refractivity contribution < 1.29 is 14.3 Å². The van der Waals surface area contributed by atoms with Crippen molar-refractivity contribution in [1.29, 1.82) is 0 Å². The Hall–Kier alpha value is -1.07. The summed E-state index contributed by atoms with van der Waals surface area (Å²) in [7, 11) is 0. The summed E-state index contributed by atoms with van der Waals surface area (Å²) in [5, 5.41) is 2.76. The van der Waals surface area contributed by atoms with E-state index in [4.69, 9.17) is 9.47 Å². The van der Waals surface area contributed by atoms with Crippen LogP contribution in [0.25, 0.3) is 0 Å². The van der Waals surface area contributed by atoms with E-state index in [1.54, 1.807) is 11.0 Å². The van der Waals surface area contributed by atoms with Crippen LogP contribution in [-0.2, 0) is 9.47 Å². The molecule has 2 heterocycles. The molecule has 0 bridgehead atoms. The second-order valence-electron chi connectivity index (χ2n) is 5.31. The van der Waals surface area contributed by atoms with Crippen molar-refractivity contribution in [3.8, 4) is 0 Å². The molecular formula is C12H20N2O3. The number of urea groups is 1. The third kappa shape index (κ3) is 2.61. The van der Waals surface area contributed by atoms with Gasteiger partial charge in [-0.25, -0.2) is 4.79 Å². The van der Waals surface area contributed by atoms with E-state index in [-0.39, 0.29) is 11.4 Å². The van der Waals surface area contributed by atoms with E-state index in [9.17, 15) is 4.79 Å². The van der Waals surface area contributed by atoms with Crippen molar-refractivity contribution in [2.24, 2.45) is 5.41 Å². The summed E-state index contributed by atoms with van der Waals surface area (Å²) in [6.07, 6.45) is 1.67. The summed E-state index contributed by atoms with van der Waals surface area (Å²) in [5.41, 5.74) is 0.00103. The summed E-state index contributed by atoms with van der Waals surface area (Å²) in [4.78, 5) is 13.4. The van der Waals surface area contributed by atoms with Crippen molar-refractivity contribution in [3.63, 3.8) is 0 Å². The second-order valence-corrected chi connectivity index (χ2v) is 5.31. The van der Waals surface area contributed by atoms with Gasteiger partial charge in [0.15, 0.2) is 5.79 Å². The Balaban J connectivity index is 1.78. The number of rotatable bonds is 2. The molecule has 17 heavy (non-hydrogen) atoms. The lowest BCUT2D eigenvalue weighted by Gasteiger charge is -2.53. The number of likely N-dealkylation sites (tertiary alicyclic amines) is 1. The van der Waals surface area contributed by atoms with Crippen LogP contribution in [0.2, 0.25) is 0 Å². The first kappa shape index (κ1) is 12.4. The quantitative estimate of drug-likeness (QED) is 0.732. The van der Waals surface area contributed by atoms with Gasteiger partial charge in [0.2, 0.25) is 0 Å². The third-order valence-electron chi connectivity index (χ3n) is 3.19. The van der Waals surface area contributed by atoms with E-state index in [1.165, 1.54) is 0 Å². The van der Waals surface area contributed by atoms with Gasteiger partial charge >= 0.3 is 6.03 Å². The molecule has 1 N–H and O–H groups in total. The highest BCUT2D eigenvalue weighted by molar-refractivity contribution is 5.75. The Kier molecular flexibility index (Phi) is 3.14. The number of amides is 2. The van der Waals surface area contributed by atoms with Crippen LogP contribution < -0.4 is 5.32 Å². The van der Waals surface area contributed by atoms with Gasteiger partial charge in [0.25, 0.3) is 0 Å². The van der Waals surface area contributed by atoms with Crippen LogP contribution in [0.4, 0.5) is 4.79 Å². The van der Waals surface area contributed by atoms with Crippen molar-refractivity contribution in [2.45, 2.75) is 19.6 Å². The standard InChI is InChI=1S/C12H20N2O3/c1-4-5-13-10(15)14-6-12(7-14)8-16-11(2,3)17-9-12/h4H,1,5-9H2,2-3H3,(H,13,15). The van der Waals surface area contributed by atoms with Crippen LogP contribution in [0.15, 0.2) is 12.7 Å². The molecule has 2 aliphatic rings. The van der Waals surface area contributed by atoms with Crippen LogP contribution in [-0.4, -0.2) is 49.6 Å². The first-order valence-electron chi connectivity index (χ1n) is 5.88. The molecule has 96 valence electrons. The molecule has 0 unspecified atom stereocenters. The first-order chi connectivity index (χ1) is 7.96. The molecule has 2 rings (SSSR count). The van der Waals surface area contributed by atoms with Crippen LogP contribution in [0, 0.1) is 5.41 Å². The lowest BCUT2D eigenvalue weighted by molar-refractivity contribution is -0.301. The molecule has 0 aromatic rings. The van der Waals surface area contributed by atoms with E-state index in [2.05, 4.69) is 11.9 Å². The summed E-state index contributed by atoms with van der Waals surface area (Å²) < 4.78 is 11.3. The van der Waals surface area contributed by atoms with Gasteiger partial charge in [-0.3, -0.25) is 0 Å².